The quantitative estimate of drug-likeness (QED) is 0.798. The molecule has 0 aliphatic heterocycles. The van der Waals surface area contributed by atoms with Crippen molar-refractivity contribution in [2.24, 2.45) is 17.6 Å². The van der Waals surface area contributed by atoms with Gasteiger partial charge in [-0.15, -0.1) is 0 Å². The van der Waals surface area contributed by atoms with Crippen molar-refractivity contribution in [2.45, 2.75) is 70.9 Å². The Hall–Kier alpha value is -0.0800. The maximum absolute atomic E-state index is 6.37. The summed E-state index contributed by atoms with van der Waals surface area (Å²) in [4.78, 5) is 2.69. The molecule has 0 heterocycles. The lowest BCUT2D eigenvalue weighted by molar-refractivity contribution is 0.0821. The average Bonchev–Trinajstić information content (AvgIpc) is 2.29. The first-order valence-corrected chi connectivity index (χ1v) is 7.74. The number of likely N-dealkylation sites (N-methyl/N-ethyl adjacent to an activating group) is 1. The molecule has 17 heavy (non-hydrogen) atoms. The summed E-state index contributed by atoms with van der Waals surface area (Å²) in [6.45, 7) is 7.14. The maximum atomic E-state index is 6.37. The van der Waals surface area contributed by atoms with Crippen LogP contribution in [0.5, 0.6) is 0 Å². The SMILES string of the molecule is CCC1CCC(N)C(N(CC)CC2CCC2)C1. The summed E-state index contributed by atoms with van der Waals surface area (Å²) in [6.07, 6.45) is 9.64. The van der Waals surface area contributed by atoms with Gasteiger partial charge in [0.1, 0.15) is 0 Å². The lowest BCUT2D eigenvalue weighted by Crippen LogP contribution is -2.52. The van der Waals surface area contributed by atoms with Crippen LogP contribution in [0.4, 0.5) is 0 Å². The van der Waals surface area contributed by atoms with Gasteiger partial charge < -0.3 is 5.73 Å². The van der Waals surface area contributed by atoms with Crippen molar-refractivity contribution in [3.8, 4) is 0 Å². The summed E-state index contributed by atoms with van der Waals surface area (Å²) in [6, 6.07) is 1.09. The van der Waals surface area contributed by atoms with Crippen LogP contribution < -0.4 is 5.73 Å². The third-order valence-electron chi connectivity index (χ3n) is 5.15. The van der Waals surface area contributed by atoms with Crippen LogP contribution in [0.2, 0.25) is 0 Å². The Kier molecular flexibility index (Phi) is 4.87. The summed E-state index contributed by atoms with van der Waals surface area (Å²) in [5, 5.41) is 0. The van der Waals surface area contributed by atoms with Crippen LogP contribution in [0.1, 0.15) is 58.8 Å². The third kappa shape index (κ3) is 3.23. The highest BCUT2D eigenvalue weighted by Crippen LogP contribution is 2.32. The fourth-order valence-electron chi connectivity index (χ4n) is 3.55. The summed E-state index contributed by atoms with van der Waals surface area (Å²) < 4.78 is 0. The highest BCUT2D eigenvalue weighted by atomic mass is 15.2. The van der Waals surface area contributed by atoms with E-state index in [1.54, 1.807) is 0 Å². The van der Waals surface area contributed by atoms with E-state index in [4.69, 9.17) is 5.73 Å². The molecule has 2 fully saturated rings. The van der Waals surface area contributed by atoms with Crippen molar-refractivity contribution in [2.75, 3.05) is 13.1 Å². The van der Waals surface area contributed by atoms with E-state index in [1.807, 2.05) is 0 Å². The van der Waals surface area contributed by atoms with Gasteiger partial charge in [-0.2, -0.15) is 0 Å². The van der Waals surface area contributed by atoms with Crippen LogP contribution in [0.3, 0.4) is 0 Å². The van der Waals surface area contributed by atoms with E-state index in [2.05, 4.69) is 18.7 Å². The second-order valence-electron chi connectivity index (χ2n) is 6.20. The normalized spacial score (nSPS) is 34.9. The van der Waals surface area contributed by atoms with Gasteiger partial charge in [-0.25, -0.2) is 0 Å². The minimum Gasteiger partial charge on any atom is -0.326 e. The molecule has 3 unspecified atom stereocenters. The summed E-state index contributed by atoms with van der Waals surface area (Å²) in [5.41, 5.74) is 6.37. The first-order valence-electron chi connectivity index (χ1n) is 7.74. The van der Waals surface area contributed by atoms with E-state index in [0.717, 1.165) is 11.8 Å². The van der Waals surface area contributed by atoms with Gasteiger partial charge in [-0.3, -0.25) is 4.90 Å². The molecule has 2 aliphatic rings. The van der Waals surface area contributed by atoms with Gasteiger partial charge in [-0.1, -0.05) is 26.7 Å². The zero-order valence-electron chi connectivity index (χ0n) is 11.7. The summed E-state index contributed by atoms with van der Waals surface area (Å²) >= 11 is 0. The van der Waals surface area contributed by atoms with E-state index in [-0.39, 0.29) is 0 Å². The molecule has 0 amide bonds. The second-order valence-corrected chi connectivity index (χ2v) is 6.20. The van der Waals surface area contributed by atoms with Gasteiger partial charge in [0.05, 0.1) is 0 Å². The molecule has 2 heteroatoms. The van der Waals surface area contributed by atoms with Crippen molar-refractivity contribution >= 4 is 0 Å². The molecule has 0 radical (unpaired) electrons. The molecule has 0 saturated heterocycles. The fraction of sp³-hybridized carbons (Fsp3) is 1.00. The average molecular weight is 238 g/mol. The van der Waals surface area contributed by atoms with Crippen LogP contribution in [0.25, 0.3) is 0 Å². The number of rotatable bonds is 5. The predicted octanol–water partition coefficient (Wildman–Crippen LogP) is 3.01. The smallest absolute Gasteiger partial charge is 0.0249 e. The molecule has 2 saturated carbocycles. The largest absolute Gasteiger partial charge is 0.326 e. The molecule has 100 valence electrons. The van der Waals surface area contributed by atoms with Gasteiger partial charge in [0.2, 0.25) is 0 Å². The molecule has 2 aliphatic carbocycles. The molecule has 0 aromatic heterocycles. The molecule has 0 spiro atoms. The van der Waals surface area contributed by atoms with Crippen LogP contribution in [0, 0.1) is 11.8 Å². The molecular formula is C15H30N2. The molecule has 0 aromatic carbocycles. The monoisotopic (exact) mass is 238 g/mol. The molecule has 2 N–H and O–H groups in total. The Balaban J connectivity index is 1.90. The second kappa shape index (κ2) is 6.19. The molecule has 0 aromatic rings. The van der Waals surface area contributed by atoms with E-state index >= 15 is 0 Å². The fourth-order valence-corrected chi connectivity index (χ4v) is 3.55. The zero-order chi connectivity index (χ0) is 12.3. The van der Waals surface area contributed by atoms with Crippen LogP contribution in [-0.2, 0) is 0 Å². The van der Waals surface area contributed by atoms with Crippen LogP contribution in [0.15, 0.2) is 0 Å². The summed E-state index contributed by atoms with van der Waals surface area (Å²) in [5.74, 6) is 1.90. The molecule has 2 rings (SSSR count). The highest BCUT2D eigenvalue weighted by Gasteiger charge is 2.32. The third-order valence-corrected chi connectivity index (χ3v) is 5.15. The minimum absolute atomic E-state index is 0.429. The van der Waals surface area contributed by atoms with E-state index in [9.17, 15) is 0 Å². The van der Waals surface area contributed by atoms with Gasteiger partial charge in [-0.05, 0) is 50.5 Å². The molecule has 3 atom stereocenters. The maximum Gasteiger partial charge on any atom is 0.0249 e. The van der Waals surface area contributed by atoms with Gasteiger partial charge in [0.15, 0.2) is 0 Å². The first-order chi connectivity index (χ1) is 8.24. The number of nitrogens with two attached hydrogens (primary N) is 1. The Morgan fingerprint density at radius 1 is 1.06 bits per heavy atom. The Bertz CT molecular complexity index is 225. The topological polar surface area (TPSA) is 29.3 Å². The Morgan fingerprint density at radius 3 is 2.35 bits per heavy atom. The van der Waals surface area contributed by atoms with Crippen molar-refractivity contribution in [1.82, 2.24) is 4.90 Å². The Morgan fingerprint density at radius 2 is 1.82 bits per heavy atom. The molecular weight excluding hydrogens is 208 g/mol. The number of nitrogens with zero attached hydrogens (tertiary/aromatic N) is 1. The zero-order valence-corrected chi connectivity index (χ0v) is 11.7. The minimum atomic E-state index is 0.429. The van der Waals surface area contributed by atoms with Crippen molar-refractivity contribution < 1.29 is 0 Å². The lowest BCUT2D eigenvalue weighted by Gasteiger charge is -2.43. The highest BCUT2D eigenvalue weighted by molar-refractivity contribution is 4.90. The van der Waals surface area contributed by atoms with Crippen molar-refractivity contribution in [3.63, 3.8) is 0 Å². The summed E-state index contributed by atoms with van der Waals surface area (Å²) in [7, 11) is 0. The lowest BCUT2D eigenvalue weighted by atomic mass is 9.79. The van der Waals surface area contributed by atoms with E-state index in [0.29, 0.717) is 12.1 Å². The number of hydrogen-bond donors (Lipinski definition) is 1. The number of hydrogen-bond acceptors (Lipinski definition) is 2. The molecule has 2 nitrogen and oxygen atoms in total. The van der Waals surface area contributed by atoms with Gasteiger partial charge in [0, 0.05) is 18.6 Å². The van der Waals surface area contributed by atoms with Gasteiger partial charge >= 0.3 is 0 Å². The van der Waals surface area contributed by atoms with Gasteiger partial charge in [0.25, 0.3) is 0 Å². The molecule has 0 bridgehead atoms. The Labute approximate surface area is 107 Å². The standard InChI is InChI=1S/C15H30N2/c1-3-12-8-9-14(16)15(10-12)17(4-2)11-13-6-5-7-13/h12-15H,3-11,16H2,1-2H3. The van der Waals surface area contributed by atoms with E-state index in [1.165, 1.54) is 58.0 Å². The van der Waals surface area contributed by atoms with Crippen molar-refractivity contribution in [3.05, 3.63) is 0 Å². The van der Waals surface area contributed by atoms with Crippen LogP contribution >= 0.6 is 0 Å². The van der Waals surface area contributed by atoms with Crippen LogP contribution in [-0.4, -0.2) is 30.1 Å². The first kappa shape index (κ1) is 13.4. The van der Waals surface area contributed by atoms with E-state index < -0.39 is 0 Å². The predicted molar refractivity (Wildman–Crippen MR) is 74.0 cm³/mol. The van der Waals surface area contributed by atoms with Crippen molar-refractivity contribution in [1.29, 1.82) is 0 Å².